The van der Waals surface area contributed by atoms with Gasteiger partial charge < -0.3 is 13.4 Å². The lowest BCUT2D eigenvalue weighted by Gasteiger charge is -2.16. The molecule has 4 nitrogen and oxygen atoms in total. The van der Waals surface area contributed by atoms with Gasteiger partial charge in [-0.15, -0.1) is 11.3 Å². The maximum absolute atomic E-state index is 6.40. The molecule has 1 aliphatic rings. The zero-order valence-electron chi connectivity index (χ0n) is 26.8. The Morgan fingerprint density at radius 2 is 1.27 bits per heavy atom. The second kappa shape index (κ2) is 10.6. The molecule has 232 valence electrons. The SMILES string of the molecule is CC(C)c1cc2c(n1-c1ccc3oc4ccc(-c5cccc(-c6ccc7oc8ccccc8c7c6)c5)cc4c3c1)-c1ncsc1CCC2. The van der Waals surface area contributed by atoms with E-state index in [-0.39, 0.29) is 0 Å². The Hall–Kier alpha value is -5.39. The van der Waals surface area contributed by atoms with E-state index >= 15 is 0 Å². The average molecular weight is 641 g/mol. The summed E-state index contributed by atoms with van der Waals surface area (Å²) in [7, 11) is 0. The molecule has 0 fully saturated rings. The summed E-state index contributed by atoms with van der Waals surface area (Å²) in [6.07, 6.45) is 3.33. The third-order valence-corrected chi connectivity index (χ3v) is 10.9. The van der Waals surface area contributed by atoms with Gasteiger partial charge in [-0.25, -0.2) is 4.98 Å². The number of benzene rings is 5. The van der Waals surface area contributed by atoms with Crippen LogP contribution in [0.2, 0.25) is 0 Å². The maximum atomic E-state index is 6.40. The van der Waals surface area contributed by atoms with Crippen molar-refractivity contribution < 1.29 is 8.83 Å². The molecule has 10 rings (SSSR count). The van der Waals surface area contributed by atoms with Gasteiger partial charge in [0.05, 0.1) is 11.2 Å². The van der Waals surface area contributed by atoms with Gasteiger partial charge >= 0.3 is 0 Å². The minimum absolute atomic E-state index is 0.377. The highest BCUT2D eigenvalue weighted by Gasteiger charge is 2.26. The number of thiazole rings is 1. The molecule has 0 unspecified atom stereocenters. The summed E-state index contributed by atoms with van der Waals surface area (Å²) in [6, 6.07) is 39.2. The van der Waals surface area contributed by atoms with Crippen molar-refractivity contribution in [3.63, 3.8) is 0 Å². The van der Waals surface area contributed by atoms with Crippen LogP contribution in [0.5, 0.6) is 0 Å². The molecule has 1 aliphatic carbocycles. The Balaban J connectivity index is 1.09. The molecule has 0 N–H and O–H groups in total. The fourth-order valence-electron chi connectivity index (χ4n) is 7.68. The highest BCUT2D eigenvalue weighted by Crippen LogP contribution is 2.41. The van der Waals surface area contributed by atoms with E-state index in [1.807, 2.05) is 17.6 Å². The molecule has 5 heteroatoms. The number of aryl methyl sites for hydroxylation is 2. The molecule has 48 heavy (non-hydrogen) atoms. The number of aromatic nitrogens is 2. The van der Waals surface area contributed by atoms with Gasteiger partial charge in [0.15, 0.2) is 0 Å². The molecule has 4 aromatic heterocycles. The van der Waals surface area contributed by atoms with Crippen molar-refractivity contribution in [2.24, 2.45) is 0 Å². The molecule has 0 atom stereocenters. The van der Waals surface area contributed by atoms with Crippen LogP contribution in [0.25, 0.3) is 83.2 Å². The fourth-order valence-corrected chi connectivity index (χ4v) is 8.49. The minimum atomic E-state index is 0.377. The molecule has 5 aromatic carbocycles. The Bertz CT molecular complexity index is 2700. The molecule has 0 amide bonds. The Labute approximate surface area is 281 Å². The summed E-state index contributed by atoms with van der Waals surface area (Å²) in [4.78, 5) is 6.29. The van der Waals surface area contributed by atoms with E-state index in [4.69, 9.17) is 13.8 Å². The number of nitrogens with zero attached hydrogens (tertiary/aromatic N) is 2. The number of rotatable bonds is 4. The summed E-state index contributed by atoms with van der Waals surface area (Å²) >= 11 is 1.79. The molecule has 0 bridgehead atoms. The Kier molecular flexibility index (Phi) is 6.09. The molecule has 0 saturated heterocycles. The summed E-state index contributed by atoms with van der Waals surface area (Å²) in [5.41, 5.74) is 16.6. The number of para-hydroxylation sites is 1. The fraction of sp³-hybridized carbons (Fsp3) is 0.140. The number of hydrogen-bond acceptors (Lipinski definition) is 4. The van der Waals surface area contributed by atoms with E-state index in [0.29, 0.717) is 5.92 Å². The van der Waals surface area contributed by atoms with Crippen molar-refractivity contribution in [3.05, 3.63) is 131 Å². The molecule has 0 aliphatic heterocycles. The highest BCUT2D eigenvalue weighted by atomic mass is 32.1. The zero-order chi connectivity index (χ0) is 31.9. The second-order valence-corrected chi connectivity index (χ2v) is 14.2. The first-order chi connectivity index (χ1) is 23.6. The van der Waals surface area contributed by atoms with E-state index in [0.717, 1.165) is 80.1 Å². The van der Waals surface area contributed by atoms with Crippen LogP contribution >= 0.6 is 11.3 Å². The molecule has 0 radical (unpaired) electrons. The largest absolute Gasteiger partial charge is 0.456 e. The van der Waals surface area contributed by atoms with Gasteiger partial charge in [-0.05, 0) is 114 Å². The van der Waals surface area contributed by atoms with Crippen LogP contribution in [-0.2, 0) is 12.8 Å². The summed E-state index contributed by atoms with van der Waals surface area (Å²) in [6.45, 7) is 4.57. The standard InChI is InChI=1S/C43H32N2O2S/c1-25(2)36-22-30-9-6-12-41-42(44-24-48-41)43(30)45(36)31-15-18-40-35(23-31)34-21-29(14-17-39(34)47-40)27-8-5-7-26(19-27)28-13-16-38-33(20-28)32-10-3-4-11-37(32)46-38/h3-5,7-8,10-11,13-25H,6,9,12H2,1-2H3. The Morgan fingerprint density at radius 1 is 0.625 bits per heavy atom. The van der Waals surface area contributed by atoms with Crippen molar-refractivity contribution in [1.82, 2.24) is 9.55 Å². The molecule has 0 spiro atoms. The van der Waals surface area contributed by atoms with Crippen molar-refractivity contribution in [1.29, 1.82) is 0 Å². The molecular formula is C43H32N2O2S. The molecule has 0 saturated carbocycles. The van der Waals surface area contributed by atoms with E-state index in [1.54, 1.807) is 11.3 Å². The van der Waals surface area contributed by atoms with Crippen molar-refractivity contribution in [2.75, 3.05) is 0 Å². The van der Waals surface area contributed by atoms with Gasteiger partial charge in [0.2, 0.25) is 0 Å². The number of furan rings is 2. The normalized spacial score (nSPS) is 13.1. The second-order valence-electron chi connectivity index (χ2n) is 13.3. The van der Waals surface area contributed by atoms with Crippen molar-refractivity contribution >= 4 is 55.2 Å². The summed E-state index contributed by atoms with van der Waals surface area (Å²) in [5.74, 6) is 0.377. The Morgan fingerprint density at radius 3 is 2.02 bits per heavy atom. The first-order valence-electron chi connectivity index (χ1n) is 16.7. The van der Waals surface area contributed by atoms with Crippen LogP contribution in [0.4, 0.5) is 0 Å². The lowest BCUT2D eigenvalue weighted by atomic mass is 9.97. The lowest BCUT2D eigenvalue weighted by molar-refractivity contribution is 0.668. The van der Waals surface area contributed by atoms with Gasteiger partial charge in [0.25, 0.3) is 0 Å². The van der Waals surface area contributed by atoms with Gasteiger partial charge in [-0.2, -0.15) is 0 Å². The summed E-state index contributed by atoms with van der Waals surface area (Å²) < 4.78 is 15.0. The monoisotopic (exact) mass is 640 g/mol. The van der Waals surface area contributed by atoms with E-state index < -0.39 is 0 Å². The van der Waals surface area contributed by atoms with Gasteiger partial charge in [0, 0.05) is 37.8 Å². The van der Waals surface area contributed by atoms with Crippen molar-refractivity contribution in [3.8, 4) is 39.3 Å². The van der Waals surface area contributed by atoms with Gasteiger partial charge in [-0.1, -0.05) is 62.4 Å². The van der Waals surface area contributed by atoms with E-state index in [9.17, 15) is 0 Å². The zero-order valence-corrected chi connectivity index (χ0v) is 27.6. The third kappa shape index (κ3) is 4.24. The quantitative estimate of drug-likeness (QED) is 0.192. The first-order valence-corrected chi connectivity index (χ1v) is 17.6. The number of fused-ring (bicyclic) bond motifs is 9. The van der Waals surface area contributed by atoms with Crippen LogP contribution in [0.3, 0.4) is 0 Å². The predicted molar refractivity (Wildman–Crippen MR) is 198 cm³/mol. The van der Waals surface area contributed by atoms with Crippen LogP contribution in [0.15, 0.2) is 124 Å². The maximum Gasteiger partial charge on any atom is 0.135 e. The van der Waals surface area contributed by atoms with Gasteiger partial charge in [0.1, 0.15) is 28.0 Å². The molecule has 9 aromatic rings. The third-order valence-electron chi connectivity index (χ3n) is 10.0. The lowest BCUT2D eigenvalue weighted by Crippen LogP contribution is -2.04. The average Bonchev–Trinajstić information content (AvgIpc) is 3.88. The topological polar surface area (TPSA) is 44.1 Å². The number of hydrogen-bond donors (Lipinski definition) is 0. The van der Waals surface area contributed by atoms with Crippen LogP contribution in [-0.4, -0.2) is 9.55 Å². The van der Waals surface area contributed by atoms with Crippen LogP contribution in [0.1, 0.15) is 42.3 Å². The predicted octanol–water partition coefficient (Wildman–Crippen LogP) is 12.3. The first kappa shape index (κ1) is 27.7. The van der Waals surface area contributed by atoms with Gasteiger partial charge in [-0.3, -0.25) is 0 Å². The molecular weight excluding hydrogens is 609 g/mol. The van der Waals surface area contributed by atoms with Crippen LogP contribution in [0, 0.1) is 0 Å². The smallest absolute Gasteiger partial charge is 0.135 e. The van der Waals surface area contributed by atoms with E-state index in [1.165, 1.54) is 38.5 Å². The summed E-state index contributed by atoms with van der Waals surface area (Å²) in [5, 5.41) is 4.54. The highest BCUT2D eigenvalue weighted by molar-refractivity contribution is 7.10. The van der Waals surface area contributed by atoms with Crippen molar-refractivity contribution in [2.45, 2.75) is 39.0 Å². The van der Waals surface area contributed by atoms with E-state index in [2.05, 4.69) is 115 Å². The van der Waals surface area contributed by atoms with Crippen LogP contribution < -0.4 is 0 Å². The molecule has 4 heterocycles. The minimum Gasteiger partial charge on any atom is -0.456 e.